The minimum Gasteiger partial charge on any atom is -0.268 e. The van der Waals surface area contributed by atoms with Crippen molar-refractivity contribution in [2.75, 3.05) is 0 Å². The molecule has 0 saturated carbocycles. The predicted molar refractivity (Wildman–Crippen MR) is 107 cm³/mol. The Hall–Kier alpha value is -2.92. The quantitative estimate of drug-likeness (QED) is 0.439. The van der Waals surface area contributed by atoms with Crippen molar-refractivity contribution >= 4 is 61.8 Å². The molecule has 0 aliphatic rings. The number of aromatic nitrogens is 2. The number of rotatable bonds is 1. The first kappa shape index (κ1) is 14.4. The summed E-state index contributed by atoms with van der Waals surface area (Å²) in [6, 6.07) is 17.9. The van der Waals surface area contributed by atoms with Gasteiger partial charge < -0.3 is 0 Å². The summed E-state index contributed by atoms with van der Waals surface area (Å²) in [4.78, 5) is 18.7. The summed E-state index contributed by atoms with van der Waals surface area (Å²) >= 11 is 1.65. The van der Waals surface area contributed by atoms with Crippen LogP contribution in [0.3, 0.4) is 0 Å². The Morgan fingerprint density at radius 1 is 1.00 bits per heavy atom. The molecule has 2 aromatic carbocycles. The maximum absolute atomic E-state index is 13.4. The van der Waals surface area contributed by atoms with Crippen LogP contribution in [0.5, 0.6) is 0 Å². The van der Waals surface area contributed by atoms with Crippen LogP contribution < -0.4 is 5.46 Å². The van der Waals surface area contributed by atoms with E-state index in [0.29, 0.717) is 0 Å². The number of hydrogen-bond donors (Lipinski definition) is 0. The van der Waals surface area contributed by atoms with E-state index in [1.807, 2.05) is 67.1 Å². The van der Waals surface area contributed by atoms with Crippen LogP contribution in [0, 0.1) is 0 Å². The van der Waals surface area contributed by atoms with Gasteiger partial charge in [-0.2, -0.15) is 0 Å². The van der Waals surface area contributed by atoms with Gasteiger partial charge in [-0.1, -0.05) is 47.9 Å². The molecule has 0 aliphatic heterocycles. The lowest BCUT2D eigenvalue weighted by Gasteiger charge is -2.08. The zero-order chi connectivity index (χ0) is 17.0. The highest BCUT2D eigenvalue weighted by atomic mass is 32.1. The van der Waals surface area contributed by atoms with Crippen LogP contribution in [0.1, 0.15) is 10.4 Å². The molecule has 3 aromatic heterocycles. The average molecular weight is 340 g/mol. The molecule has 0 aliphatic carbocycles. The van der Waals surface area contributed by atoms with E-state index in [1.54, 1.807) is 17.5 Å². The van der Waals surface area contributed by atoms with Crippen LogP contribution in [0.15, 0.2) is 67.0 Å². The Balaban J connectivity index is 1.94. The predicted octanol–water partition coefficient (Wildman–Crippen LogP) is 3.35. The third-order valence-corrected chi connectivity index (χ3v) is 5.82. The lowest BCUT2D eigenvalue weighted by molar-refractivity contribution is 0.0971. The van der Waals surface area contributed by atoms with Crippen LogP contribution in [0.25, 0.3) is 31.2 Å². The molecule has 5 rings (SSSR count). The third kappa shape index (κ3) is 1.99. The number of thiophene rings is 1. The molecule has 0 bridgehead atoms. The van der Waals surface area contributed by atoms with E-state index >= 15 is 0 Å². The molecule has 3 heterocycles. The maximum atomic E-state index is 13.4. The van der Waals surface area contributed by atoms with E-state index in [-0.39, 0.29) is 5.91 Å². The molecule has 5 heteroatoms. The summed E-state index contributed by atoms with van der Waals surface area (Å²) < 4.78 is 3.01. The Morgan fingerprint density at radius 3 is 2.68 bits per heavy atom. The van der Waals surface area contributed by atoms with Crippen molar-refractivity contribution in [3.8, 4) is 0 Å². The van der Waals surface area contributed by atoms with Gasteiger partial charge in [-0.3, -0.25) is 14.3 Å². The molecule has 0 radical (unpaired) electrons. The normalized spacial score (nSPS) is 11.5. The van der Waals surface area contributed by atoms with Crippen LogP contribution in [0.2, 0.25) is 0 Å². The minimum absolute atomic E-state index is 0.0174. The molecule has 0 N–H and O–H groups in total. The number of nitrogens with zero attached hydrogens (tertiary/aromatic N) is 2. The molecule has 0 unspecified atom stereocenters. The largest absolute Gasteiger partial charge is 0.268 e. The number of hydrogen-bond acceptors (Lipinski definition) is 3. The van der Waals surface area contributed by atoms with Gasteiger partial charge in [-0.15, -0.1) is 11.3 Å². The van der Waals surface area contributed by atoms with Crippen LogP contribution >= 0.6 is 11.3 Å². The molecule has 0 saturated heterocycles. The molecule has 25 heavy (non-hydrogen) atoms. The topological polar surface area (TPSA) is 34.9 Å². The Labute approximate surface area is 148 Å². The van der Waals surface area contributed by atoms with Gasteiger partial charge in [0.05, 0.1) is 5.52 Å². The highest BCUT2D eigenvalue weighted by Crippen LogP contribution is 2.40. The zero-order valence-electron chi connectivity index (χ0n) is 13.6. The highest BCUT2D eigenvalue weighted by Gasteiger charge is 2.21. The van der Waals surface area contributed by atoms with Gasteiger partial charge in [-0.05, 0) is 12.1 Å². The Morgan fingerprint density at radius 2 is 1.80 bits per heavy atom. The summed E-state index contributed by atoms with van der Waals surface area (Å²) in [6.07, 6.45) is 3.69. The Kier molecular flexibility index (Phi) is 3.06. The first-order valence-electron chi connectivity index (χ1n) is 8.11. The first-order chi connectivity index (χ1) is 12.3. The van der Waals surface area contributed by atoms with Crippen molar-refractivity contribution in [1.82, 2.24) is 9.55 Å². The second-order valence-corrected chi connectivity index (χ2v) is 7.16. The minimum atomic E-state index is 0.0174. The van der Waals surface area contributed by atoms with Gasteiger partial charge in [0.1, 0.15) is 12.7 Å². The summed E-state index contributed by atoms with van der Waals surface area (Å²) in [5, 5.41) is 3.32. The smallest absolute Gasteiger partial charge is 0.262 e. The van der Waals surface area contributed by atoms with E-state index in [0.717, 1.165) is 42.2 Å². The van der Waals surface area contributed by atoms with E-state index in [9.17, 15) is 4.79 Å². The molecule has 3 nitrogen and oxygen atoms in total. The fourth-order valence-corrected chi connectivity index (χ4v) is 4.67. The summed E-state index contributed by atoms with van der Waals surface area (Å²) in [7, 11) is 1.98. The number of para-hydroxylation sites is 1. The standard InChI is InChI=1S/C20H13BN2OS/c21-15-7-3-1-5-12(15)19(24)23-16-8-4-2-6-13(16)18-14-11-22-10-9-17(14)25-20(18)23/h1-11H,21H2. The molecular weight excluding hydrogens is 327 g/mol. The maximum Gasteiger partial charge on any atom is 0.262 e. The molecule has 0 fully saturated rings. The third-order valence-electron chi connectivity index (χ3n) is 4.67. The van der Waals surface area contributed by atoms with Gasteiger partial charge in [0.2, 0.25) is 0 Å². The van der Waals surface area contributed by atoms with Crippen molar-refractivity contribution in [3.05, 3.63) is 72.6 Å². The van der Waals surface area contributed by atoms with E-state index in [1.165, 1.54) is 0 Å². The molecule has 0 amide bonds. The monoisotopic (exact) mass is 340 g/mol. The van der Waals surface area contributed by atoms with Crippen LogP contribution in [-0.2, 0) is 0 Å². The van der Waals surface area contributed by atoms with E-state index < -0.39 is 0 Å². The number of fused-ring (bicyclic) bond motifs is 5. The van der Waals surface area contributed by atoms with Gasteiger partial charge in [0.25, 0.3) is 5.91 Å². The summed E-state index contributed by atoms with van der Waals surface area (Å²) in [5.41, 5.74) is 2.67. The van der Waals surface area contributed by atoms with Crippen LogP contribution in [0.4, 0.5) is 0 Å². The first-order valence-corrected chi connectivity index (χ1v) is 8.93. The molecule has 0 atom stereocenters. The molecule has 0 spiro atoms. The fraction of sp³-hybridized carbons (Fsp3) is 0. The zero-order valence-corrected chi connectivity index (χ0v) is 14.4. The van der Waals surface area contributed by atoms with Gasteiger partial charge in [0, 0.05) is 38.8 Å². The summed E-state index contributed by atoms with van der Waals surface area (Å²) in [6.45, 7) is 0. The fourth-order valence-electron chi connectivity index (χ4n) is 3.47. The lowest BCUT2D eigenvalue weighted by Crippen LogP contribution is -2.20. The summed E-state index contributed by atoms with van der Waals surface area (Å²) in [5.74, 6) is 0.0174. The van der Waals surface area contributed by atoms with Crippen molar-refractivity contribution in [2.24, 2.45) is 0 Å². The van der Waals surface area contributed by atoms with E-state index in [2.05, 4.69) is 11.1 Å². The Bertz CT molecular complexity index is 1290. The number of pyridine rings is 1. The molecule has 5 aromatic rings. The second kappa shape index (κ2) is 5.29. The molecule has 118 valence electrons. The lowest BCUT2D eigenvalue weighted by atomic mass is 9.90. The number of benzene rings is 2. The van der Waals surface area contributed by atoms with E-state index in [4.69, 9.17) is 0 Å². The van der Waals surface area contributed by atoms with Gasteiger partial charge in [-0.25, -0.2) is 0 Å². The van der Waals surface area contributed by atoms with Crippen LogP contribution in [-0.4, -0.2) is 23.3 Å². The SMILES string of the molecule is Bc1ccccc1C(=O)n1c2ccccc2c2c3cnccc3sc21. The van der Waals surface area contributed by atoms with Crippen molar-refractivity contribution in [1.29, 1.82) is 0 Å². The highest BCUT2D eigenvalue weighted by molar-refractivity contribution is 7.25. The van der Waals surface area contributed by atoms with Crippen molar-refractivity contribution in [3.63, 3.8) is 0 Å². The second-order valence-electron chi connectivity index (χ2n) is 6.13. The van der Waals surface area contributed by atoms with Gasteiger partial charge >= 0.3 is 0 Å². The van der Waals surface area contributed by atoms with Crippen molar-refractivity contribution in [2.45, 2.75) is 0 Å². The van der Waals surface area contributed by atoms with Gasteiger partial charge in [0.15, 0.2) is 0 Å². The van der Waals surface area contributed by atoms with Crippen molar-refractivity contribution < 1.29 is 4.79 Å². The average Bonchev–Trinajstić information content (AvgIpc) is 3.16. The molecular formula is C20H13BN2OS. The number of carbonyl (C=O) groups is 1. The number of carbonyl (C=O) groups excluding carboxylic acids is 1.